The minimum absolute atomic E-state index is 0.184. The smallest absolute Gasteiger partial charge is 0.251 e. The molecule has 1 aromatic carbocycles. The van der Waals surface area contributed by atoms with Crippen molar-refractivity contribution < 1.29 is 14.6 Å². The Bertz CT molecular complexity index is 520. The molecule has 0 saturated carbocycles. The molecule has 0 aromatic heterocycles. The number of benzene rings is 1. The number of aliphatic hydroxyl groups excluding tert-OH is 1. The third-order valence-electron chi connectivity index (χ3n) is 2.60. The highest BCUT2D eigenvalue weighted by Crippen LogP contribution is 2.17. The number of aliphatic hydroxyl groups is 1. The maximum atomic E-state index is 11.9. The van der Waals surface area contributed by atoms with E-state index in [2.05, 4.69) is 17.2 Å². The number of ether oxygens (including phenoxy) is 1. The van der Waals surface area contributed by atoms with Crippen LogP contribution in [0.3, 0.4) is 0 Å². The molecule has 0 bridgehead atoms. The van der Waals surface area contributed by atoms with E-state index in [4.69, 9.17) is 21.4 Å². The minimum atomic E-state index is -0.226. The summed E-state index contributed by atoms with van der Waals surface area (Å²) in [6, 6.07) is 4.89. The predicted molar refractivity (Wildman–Crippen MR) is 78.8 cm³/mol. The van der Waals surface area contributed by atoms with Crippen LogP contribution >= 0.6 is 11.6 Å². The first-order valence-electron chi connectivity index (χ1n) is 6.25. The van der Waals surface area contributed by atoms with Gasteiger partial charge in [0.15, 0.2) is 0 Å². The van der Waals surface area contributed by atoms with E-state index in [0.717, 1.165) is 0 Å². The first kappa shape index (κ1) is 16.5. The van der Waals surface area contributed by atoms with Gasteiger partial charge in [0.05, 0.1) is 11.6 Å². The molecule has 2 N–H and O–H groups in total. The molecule has 5 heteroatoms. The molecular weight excluding hydrogens is 278 g/mol. The monoisotopic (exact) mass is 295 g/mol. The first-order valence-corrected chi connectivity index (χ1v) is 6.62. The summed E-state index contributed by atoms with van der Waals surface area (Å²) in [5, 5.41) is 11.8. The molecule has 0 aliphatic carbocycles. The van der Waals surface area contributed by atoms with E-state index in [1.54, 1.807) is 25.3 Å². The molecule has 1 unspecified atom stereocenters. The highest BCUT2D eigenvalue weighted by atomic mass is 35.5. The maximum absolute atomic E-state index is 11.9. The third kappa shape index (κ3) is 5.22. The normalized spacial score (nSPS) is 11.4. The Morgan fingerprint density at radius 2 is 2.30 bits per heavy atom. The number of halogens is 1. The number of carbonyl (C=O) groups is 1. The van der Waals surface area contributed by atoms with Crippen molar-refractivity contribution in [3.05, 3.63) is 34.3 Å². The maximum Gasteiger partial charge on any atom is 0.251 e. The number of nitrogens with one attached hydrogen (secondary N) is 1. The Morgan fingerprint density at radius 3 is 2.90 bits per heavy atom. The Balaban J connectivity index is 2.68. The zero-order valence-corrected chi connectivity index (χ0v) is 12.3. The van der Waals surface area contributed by atoms with Gasteiger partial charge in [-0.15, -0.1) is 0 Å². The summed E-state index contributed by atoms with van der Waals surface area (Å²) in [7, 11) is 1.63. The molecule has 1 atom stereocenters. The van der Waals surface area contributed by atoms with Crippen LogP contribution in [0.2, 0.25) is 5.02 Å². The average Bonchev–Trinajstić information content (AvgIpc) is 2.43. The summed E-state index contributed by atoms with van der Waals surface area (Å²) in [6.45, 7) is 2.90. The number of hydrogen-bond acceptors (Lipinski definition) is 3. The molecule has 1 amide bonds. The van der Waals surface area contributed by atoms with Gasteiger partial charge >= 0.3 is 0 Å². The largest absolute Gasteiger partial charge is 0.384 e. The lowest BCUT2D eigenvalue weighted by molar-refractivity contribution is 0.0934. The number of methoxy groups -OCH3 is 1. The zero-order valence-electron chi connectivity index (χ0n) is 11.6. The molecule has 0 aliphatic heterocycles. The Kier molecular flexibility index (Phi) is 7.10. The van der Waals surface area contributed by atoms with E-state index in [9.17, 15) is 4.79 Å². The van der Waals surface area contributed by atoms with Crippen molar-refractivity contribution in [2.45, 2.75) is 6.92 Å². The molecule has 0 spiro atoms. The first-order chi connectivity index (χ1) is 9.58. The molecule has 1 aromatic rings. The summed E-state index contributed by atoms with van der Waals surface area (Å²) < 4.78 is 5.01. The van der Waals surface area contributed by atoms with E-state index in [-0.39, 0.29) is 18.4 Å². The van der Waals surface area contributed by atoms with Gasteiger partial charge < -0.3 is 15.2 Å². The third-order valence-corrected chi connectivity index (χ3v) is 2.91. The molecule has 108 valence electrons. The van der Waals surface area contributed by atoms with Crippen LogP contribution in [0, 0.1) is 17.8 Å². The van der Waals surface area contributed by atoms with E-state index < -0.39 is 0 Å². The van der Waals surface area contributed by atoms with Gasteiger partial charge in [0, 0.05) is 24.8 Å². The van der Waals surface area contributed by atoms with Gasteiger partial charge in [-0.1, -0.05) is 30.4 Å². The Labute approximate surface area is 124 Å². The van der Waals surface area contributed by atoms with Crippen molar-refractivity contribution in [2.75, 3.05) is 26.9 Å². The summed E-state index contributed by atoms with van der Waals surface area (Å²) in [6.07, 6.45) is 0. The molecule has 0 radical (unpaired) electrons. The second-order valence-corrected chi connectivity index (χ2v) is 4.83. The molecule has 1 rings (SSSR count). The molecule has 20 heavy (non-hydrogen) atoms. The average molecular weight is 296 g/mol. The number of carbonyl (C=O) groups excluding carboxylic acids is 1. The van der Waals surface area contributed by atoms with Crippen LogP contribution in [0.15, 0.2) is 18.2 Å². The fourth-order valence-corrected chi connectivity index (χ4v) is 1.83. The SMILES string of the molecule is COCC(C)CNC(=O)c1ccc(C#CCO)c(Cl)c1. The fourth-order valence-electron chi connectivity index (χ4n) is 1.60. The predicted octanol–water partition coefficient (Wildman–Crippen LogP) is 1.70. The minimum Gasteiger partial charge on any atom is -0.384 e. The number of rotatable bonds is 5. The second kappa shape index (κ2) is 8.60. The number of hydrogen-bond donors (Lipinski definition) is 2. The topological polar surface area (TPSA) is 58.6 Å². The van der Waals surface area contributed by atoms with Crippen LogP contribution in [0.25, 0.3) is 0 Å². The van der Waals surface area contributed by atoms with Gasteiger partial charge in [0.25, 0.3) is 5.91 Å². The highest BCUT2D eigenvalue weighted by Gasteiger charge is 2.09. The lowest BCUT2D eigenvalue weighted by Crippen LogP contribution is -2.29. The van der Waals surface area contributed by atoms with E-state index >= 15 is 0 Å². The van der Waals surface area contributed by atoms with Crippen molar-refractivity contribution in [1.29, 1.82) is 0 Å². The second-order valence-electron chi connectivity index (χ2n) is 4.43. The van der Waals surface area contributed by atoms with Crippen LogP contribution in [-0.2, 0) is 4.74 Å². The van der Waals surface area contributed by atoms with E-state index in [1.807, 2.05) is 6.92 Å². The lowest BCUT2D eigenvalue weighted by Gasteiger charge is -2.11. The van der Waals surface area contributed by atoms with Crippen LogP contribution in [0.4, 0.5) is 0 Å². The summed E-state index contributed by atoms with van der Waals surface area (Å²) in [4.78, 5) is 11.9. The van der Waals surface area contributed by atoms with Gasteiger partial charge in [0.1, 0.15) is 6.61 Å². The van der Waals surface area contributed by atoms with Crippen molar-refractivity contribution >= 4 is 17.5 Å². The van der Waals surface area contributed by atoms with E-state index in [0.29, 0.717) is 29.3 Å². The molecule has 0 fully saturated rings. The Morgan fingerprint density at radius 1 is 1.55 bits per heavy atom. The van der Waals surface area contributed by atoms with Crippen molar-refractivity contribution in [3.8, 4) is 11.8 Å². The van der Waals surface area contributed by atoms with Crippen LogP contribution in [-0.4, -0.2) is 37.9 Å². The molecule has 0 saturated heterocycles. The number of amides is 1. The molecule has 4 nitrogen and oxygen atoms in total. The van der Waals surface area contributed by atoms with Gasteiger partial charge in [-0.25, -0.2) is 0 Å². The van der Waals surface area contributed by atoms with Gasteiger partial charge in [-0.3, -0.25) is 4.79 Å². The fraction of sp³-hybridized carbons (Fsp3) is 0.400. The van der Waals surface area contributed by atoms with Crippen molar-refractivity contribution in [1.82, 2.24) is 5.32 Å². The molecule has 0 heterocycles. The highest BCUT2D eigenvalue weighted by molar-refractivity contribution is 6.32. The summed E-state index contributed by atoms with van der Waals surface area (Å²) in [5.41, 5.74) is 1.07. The Hall–Kier alpha value is -1.54. The standard InChI is InChI=1S/C15H18ClNO3/c1-11(10-20-2)9-17-15(19)13-6-5-12(4-3-7-18)14(16)8-13/h5-6,8,11,18H,7,9-10H2,1-2H3,(H,17,19). The zero-order chi connectivity index (χ0) is 15.0. The van der Waals surface area contributed by atoms with Gasteiger partial charge in [-0.2, -0.15) is 0 Å². The summed E-state index contributed by atoms with van der Waals surface area (Å²) >= 11 is 6.04. The van der Waals surface area contributed by atoms with Crippen LogP contribution in [0.5, 0.6) is 0 Å². The van der Waals surface area contributed by atoms with Crippen molar-refractivity contribution in [3.63, 3.8) is 0 Å². The molecular formula is C15H18ClNO3. The quantitative estimate of drug-likeness (QED) is 0.813. The van der Waals surface area contributed by atoms with Crippen LogP contribution < -0.4 is 5.32 Å². The van der Waals surface area contributed by atoms with Gasteiger partial charge in [0.2, 0.25) is 0 Å². The van der Waals surface area contributed by atoms with E-state index in [1.165, 1.54) is 0 Å². The lowest BCUT2D eigenvalue weighted by atomic mass is 10.1. The van der Waals surface area contributed by atoms with Crippen LogP contribution in [0.1, 0.15) is 22.8 Å². The molecule has 0 aliphatic rings. The van der Waals surface area contributed by atoms with Crippen molar-refractivity contribution in [2.24, 2.45) is 5.92 Å². The summed E-state index contributed by atoms with van der Waals surface area (Å²) in [5.74, 6) is 5.29. The van der Waals surface area contributed by atoms with Gasteiger partial charge in [-0.05, 0) is 24.1 Å².